The summed E-state index contributed by atoms with van der Waals surface area (Å²) in [4.78, 5) is 0. The van der Waals surface area contributed by atoms with Crippen molar-refractivity contribution in [3.8, 4) is 11.5 Å². The normalized spacial score (nSPS) is 16.1. The maximum absolute atomic E-state index is 5.92. The highest BCUT2D eigenvalue weighted by Crippen LogP contribution is 2.31. The molecule has 1 aliphatic rings. The fourth-order valence-corrected chi connectivity index (χ4v) is 1.72. The van der Waals surface area contributed by atoms with Crippen molar-refractivity contribution in [1.82, 2.24) is 0 Å². The Morgan fingerprint density at radius 2 is 2.00 bits per heavy atom. The molecule has 0 saturated heterocycles. The van der Waals surface area contributed by atoms with Gasteiger partial charge in [-0.25, -0.2) is 0 Å². The van der Waals surface area contributed by atoms with Gasteiger partial charge in [0.05, 0.1) is 0 Å². The number of halogens is 1. The zero-order valence-corrected chi connectivity index (χ0v) is 9.59. The molecule has 15 heavy (non-hydrogen) atoms. The minimum absolute atomic E-state index is 0.221. The largest absolute Gasteiger partial charge is 0.486 e. The molecule has 3 heteroatoms. The number of fused-ring (bicyclic) bond motifs is 1. The Labute approximate surface area is 95.1 Å². The van der Waals surface area contributed by atoms with Gasteiger partial charge >= 0.3 is 0 Å². The van der Waals surface area contributed by atoms with E-state index in [0.29, 0.717) is 13.2 Å². The van der Waals surface area contributed by atoms with Gasteiger partial charge in [0.2, 0.25) is 0 Å². The van der Waals surface area contributed by atoms with Crippen molar-refractivity contribution in [3.63, 3.8) is 0 Å². The SMILES string of the molecule is CC(Cl)CCc1ccc2c(c1)OCCO2. The molecule has 0 amide bonds. The molecule has 2 nitrogen and oxygen atoms in total. The van der Waals surface area contributed by atoms with Crippen LogP contribution in [0.2, 0.25) is 0 Å². The Morgan fingerprint density at radius 3 is 2.73 bits per heavy atom. The monoisotopic (exact) mass is 226 g/mol. The molecule has 1 atom stereocenters. The van der Waals surface area contributed by atoms with Crippen molar-refractivity contribution < 1.29 is 9.47 Å². The lowest BCUT2D eigenvalue weighted by Crippen LogP contribution is -2.15. The van der Waals surface area contributed by atoms with Gasteiger partial charge in [0.1, 0.15) is 13.2 Å². The highest BCUT2D eigenvalue weighted by Gasteiger charge is 2.11. The van der Waals surface area contributed by atoms with Crippen LogP contribution in [0.5, 0.6) is 11.5 Å². The fraction of sp³-hybridized carbons (Fsp3) is 0.500. The zero-order chi connectivity index (χ0) is 10.7. The van der Waals surface area contributed by atoms with Gasteiger partial charge in [-0.05, 0) is 37.5 Å². The van der Waals surface area contributed by atoms with Crippen LogP contribution in [0, 0.1) is 0 Å². The molecule has 1 aromatic carbocycles. The molecule has 0 fully saturated rings. The third-order valence-corrected chi connectivity index (χ3v) is 2.66. The van der Waals surface area contributed by atoms with Crippen molar-refractivity contribution in [2.75, 3.05) is 13.2 Å². The van der Waals surface area contributed by atoms with Gasteiger partial charge in [0, 0.05) is 5.38 Å². The molecule has 1 aromatic rings. The van der Waals surface area contributed by atoms with Crippen molar-refractivity contribution in [3.05, 3.63) is 23.8 Å². The Kier molecular flexibility index (Phi) is 3.37. The standard InChI is InChI=1S/C12H15ClO2/c1-9(13)2-3-10-4-5-11-12(8-10)15-7-6-14-11/h4-5,8-9H,2-3,6-7H2,1H3. The minimum Gasteiger partial charge on any atom is -0.486 e. The summed E-state index contributed by atoms with van der Waals surface area (Å²) < 4.78 is 11.0. The molecule has 0 N–H and O–H groups in total. The summed E-state index contributed by atoms with van der Waals surface area (Å²) in [7, 11) is 0. The molecule has 1 heterocycles. The van der Waals surface area contributed by atoms with Crippen LogP contribution in [0.1, 0.15) is 18.9 Å². The maximum Gasteiger partial charge on any atom is 0.161 e. The molecule has 0 saturated carbocycles. The third-order valence-electron chi connectivity index (χ3n) is 2.44. The minimum atomic E-state index is 0.221. The Bertz CT molecular complexity index is 336. The fourth-order valence-electron chi connectivity index (χ4n) is 1.61. The van der Waals surface area contributed by atoms with Crippen molar-refractivity contribution >= 4 is 11.6 Å². The summed E-state index contributed by atoms with van der Waals surface area (Å²) in [5, 5.41) is 0.221. The van der Waals surface area contributed by atoms with E-state index in [1.54, 1.807) is 0 Å². The molecule has 0 bridgehead atoms. The van der Waals surface area contributed by atoms with Gasteiger partial charge in [0.15, 0.2) is 11.5 Å². The van der Waals surface area contributed by atoms with E-state index in [1.165, 1.54) is 5.56 Å². The van der Waals surface area contributed by atoms with E-state index in [1.807, 2.05) is 19.1 Å². The molecular formula is C12H15ClO2. The van der Waals surface area contributed by atoms with E-state index in [9.17, 15) is 0 Å². The lowest BCUT2D eigenvalue weighted by molar-refractivity contribution is 0.171. The lowest BCUT2D eigenvalue weighted by Gasteiger charge is -2.18. The summed E-state index contributed by atoms with van der Waals surface area (Å²) in [6.45, 7) is 3.30. The van der Waals surface area contributed by atoms with Gasteiger partial charge in [-0.15, -0.1) is 11.6 Å². The number of alkyl halides is 1. The zero-order valence-electron chi connectivity index (χ0n) is 8.83. The first kappa shape index (κ1) is 10.6. The van der Waals surface area contributed by atoms with Crippen molar-refractivity contribution in [1.29, 1.82) is 0 Å². The molecule has 1 aliphatic heterocycles. The van der Waals surface area contributed by atoms with Crippen LogP contribution in [-0.4, -0.2) is 18.6 Å². The first-order valence-electron chi connectivity index (χ1n) is 5.28. The van der Waals surface area contributed by atoms with Crippen LogP contribution < -0.4 is 9.47 Å². The van der Waals surface area contributed by atoms with Crippen LogP contribution >= 0.6 is 11.6 Å². The molecule has 0 aromatic heterocycles. The van der Waals surface area contributed by atoms with E-state index >= 15 is 0 Å². The summed E-state index contributed by atoms with van der Waals surface area (Å²) in [6, 6.07) is 6.10. The van der Waals surface area contributed by atoms with Gasteiger partial charge < -0.3 is 9.47 Å². The van der Waals surface area contributed by atoms with E-state index < -0.39 is 0 Å². The summed E-state index contributed by atoms with van der Waals surface area (Å²) in [6.07, 6.45) is 1.97. The van der Waals surface area contributed by atoms with Crippen LogP contribution in [-0.2, 0) is 6.42 Å². The Morgan fingerprint density at radius 1 is 1.27 bits per heavy atom. The number of benzene rings is 1. The van der Waals surface area contributed by atoms with Gasteiger partial charge in [-0.3, -0.25) is 0 Å². The number of rotatable bonds is 3. The predicted octanol–water partition coefficient (Wildman–Crippen LogP) is 3.02. The summed E-state index contributed by atoms with van der Waals surface area (Å²) in [5.74, 6) is 1.71. The van der Waals surface area contributed by atoms with Gasteiger partial charge in [-0.1, -0.05) is 6.07 Å². The number of ether oxygens (including phenoxy) is 2. The molecule has 1 unspecified atom stereocenters. The second-order valence-electron chi connectivity index (χ2n) is 3.80. The summed E-state index contributed by atoms with van der Waals surface area (Å²) >= 11 is 5.92. The molecule has 0 spiro atoms. The van der Waals surface area contributed by atoms with Crippen LogP contribution in [0.15, 0.2) is 18.2 Å². The number of aryl methyl sites for hydroxylation is 1. The van der Waals surface area contributed by atoms with E-state index in [0.717, 1.165) is 24.3 Å². The quantitative estimate of drug-likeness (QED) is 0.738. The second-order valence-corrected chi connectivity index (χ2v) is 4.54. The van der Waals surface area contributed by atoms with Crippen LogP contribution in [0.25, 0.3) is 0 Å². The van der Waals surface area contributed by atoms with Crippen molar-refractivity contribution in [2.45, 2.75) is 25.1 Å². The number of hydrogen-bond donors (Lipinski definition) is 0. The van der Waals surface area contributed by atoms with Gasteiger partial charge in [-0.2, -0.15) is 0 Å². The predicted molar refractivity (Wildman–Crippen MR) is 61.1 cm³/mol. The average molecular weight is 227 g/mol. The van der Waals surface area contributed by atoms with Gasteiger partial charge in [0.25, 0.3) is 0 Å². The summed E-state index contributed by atoms with van der Waals surface area (Å²) in [5.41, 5.74) is 1.26. The first-order chi connectivity index (χ1) is 7.25. The lowest BCUT2D eigenvalue weighted by atomic mass is 10.1. The molecule has 2 rings (SSSR count). The van der Waals surface area contributed by atoms with E-state index in [-0.39, 0.29) is 5.38 Å². The second kappa shape index (κ2) is 4.75. The molecule has 82 valence electrons. The van der Waals surface area contributed by atoms with E-state index in [2.05, 4.69) is 6.07 Å². The highest BCUT2D eigenvalue weighted by molar-refractivity contribution is 6.20. The molecular weight excluding hydrogens is 212 g/mol. The highest BCUT2D eigenvalue weighted by atomic mass is 35.5. The smallest absolute Gasteiger partial charge is 0.161 e. The van der Waals surface area contributed by atoms with Crippen molar-refractivity contribution in [2.24, 2.45) is 0 Å². The van der Waals surface area contributed by atoms with E-state index in [4.69, 9.17) is 21.1 Å². The topological polar surface area (TPSA) is 18.5 Å². The molecule has 0 aliphatic carbocycles. The van der Waals surface area contributed by atoms with Crippen LogP contribution in [0.4, 0.5) is 0 Å². The van der Waals surface area contributed by atoms with Crippen LogP contribution in [0.3, 0.4) is 0 Å². The first-order valence-corrected chi connectivity index (χ1v) is 5.72. The Balaban J connectivity index is 2.07. The third kappa shape index (κ3) is 2.78. The average Bonchev–Trinajstić information content (AvgIpc) is 2.26. The maximum atomic E-state index is 5.92. The molecule has 0 radical (unpaired) electrons. The Hall–Kier alpha value is -0.890. The number of hydrogen-bond acceptors (Lipinski definition) is 2.